The number of anilines is 1. The Labute approximate surface area is 153 Å². The number of amides is 1. The summed E-state index contributed by atoms with van der Waals surface area (Å²) in [5.74, 6) is -1.54. The summed E-state index contributed by atoms with van der Waals surface area (Å²) < 4.78 is 10.4. The summed E-state index contributed by atoms with van der Waals surface area (Å²) in [5, 5.41) is 2.57. The summed E-state index contributed by atoms with van der Waals surface area (Å²) in [6, 6.07) is 9.32. The molecule has 6 nitrogen and oxygen atoms in total. The van der Waals surface area contributed by atoms with Gasteiger partial charge in [0, 0.05) is 5.69 Å². The van der Waals surface area contributed by atoms with Crippen LogP contribution in [0.2, 0.25) is 4.34 Å². The summed E-state index contributed by atoms with van der Waals surface area (Å²) >= 11 is 6.81. The molecule has 8 heteroatoms. The van der Waals surface area contributed by atoms with Gasteiger partial charge in [-0.25, -0.2) is 9.59 Å². The van der Waals surface area contributed by atoms with E-state index < -0.39 is 24.5 Å². The Hall–Kier alpha value is -2.38. The monoisotopic (exact) mass is 381 g/mol. The Morgan fingerprint density at radius 2 is 1.76 bits per heavy atom. The van der Waals surface area contributed by atoms with Crippen molar-refractivity contribution in [2.45, 2.75) is 20.0 Å². The topological polar surface area (TPSA) is 81.7 Å². The average molecular weight is 382 g/mol. The lowest BCUT2D eigenvalue weighted by molar-refractivity contribution is -0.119. The van der Waals surface area contributed by atoms with E-state index in [9.17, 15) is 14.4 Å². The molecule has 0 unspecified atom stereocenters. The quantitative estimate of drug-likeness (QED) is 0.770. The van der Waals surface area contributed by atoms with Crippen LogP contribution in [0.4, 0.5) is 5.69 Å². The summed E-state index contributed by atoms with van der Waals surface area (Å²) in [6.07, 6.45) is -0.209. The maximum atomic E-state index is 11.8. The third-order valence-electron chi connectivity index (χ3n) is 2.86. The molecule has 0 saturated heterocycles. The smallest absolute Gasteiger partial charge is 0.348 e. The van der Waals surface area contributed by atoms with E-state index in [1.54, 1.807) is 44.2 Å². The normalized spacial score (nSPS) is 10.4. The number of ether oxygens (including phenoxy) is 2. The van der Waals surface area contributed by atoms with E-state index in [2.05, 4.69) is 5.32 Å². The van der Waals surface area contributed by atoms with Crippen LogP contribution in [0.25, 0.3) is 0 Å². The number of rotatable bonds is 6. The van der Waals surface area contributed by atoms with Gasteiger partial charge in [-0.15, -0.1) is 11.3 Å². The first-order valence-electron chi connectivity index (χ1n) is 7.38. The number of thiophene rings is 1. The van der Waals surface area contributed by atoms with Crippen LogP contribution < -0.4 is 5.32 Å². The number of hydrogen-bond donors (Lipinski definition) is 1. The lowest BCUT2D eigenvalue weighted by atomic mass is 10.2. The van der Waals surface area contributed by atoms with Crippen molar-refractivity contribution in [1.82, 2.24) is 0 Å². The largest absolute Gasteiger partial charge is 0.459 e. The number of carbonyl (C=O) groups excluding carboxylic acids is 3. The molecule has 0 saturated carbocycles. The van der Waals surface area contributed by atoms with Crippen LogP contribution in [-0.4, -0.2) is 30.6 Å². The van der Waals surface area contributed by atoms with Gasteiger partial charge in [-0.2, -0.15) is 0 Å². The highest BCUT2D eigenvalue weighted by Crippen LogP contribution is 2.22. The van der Waals surface area contributed by atoms with Crippen LogP contribution in [0.15, 0.2) is 36.4 Å². The highest BCUT2D eigenvalue weighted by Gasteiger charge is 2.13. The Balaban J connectivity index is 1.84. The molecule has 132 valence electrons. The first-order valence-corrected chi connectivity index (χ1v) is 8.58. The number of benzene rings is 1. The van der Waals surface area contributed by atoms with Crippen molar-refractivity contribution < 1.29 is 23.9 Å². The van der Waals surface area contributed by atoms with Crippen molar-refractivity contribution in [3.8, 4) is 0 Å². The minimum atomic E-state index is -0.612. The van der Waals surface area contributed by atoms with E-state index in [-0.39, 0.29) is 6.10 Å². The number of halogens is 1. The highest BCUT2D eigenvalue weighted by molar-refractivity contribution is 7.17. The first kappa shape index (κ1) is 19.0. The third kappa shape index (κ3) is 5.88. The molecule has 0 bridgehead atoms. The fraction of sp³-hybridized carbons (Fsp3) is 0.235. The van der Waals surface area contributed by atoms with Crippen LogP contribution in [-0.2, 0) is 14.3 Å². The molecule has 0 aliphatic heterocycles. The molecule has 0 aliphatic rings. The Kier molecular flexibility index (Phi) is 6.55. The molecule has 2 rings (SSSR count). The molecular formula is C17H16ClNO5S. The number of esters is 2. The lowest BCUT2D eigenvalue weighted by Gasteiger charge is -2.09. The van der Waals surface area contributed by atoms with Crippen molar-refractivity contribution in [2.24, 2.45) is 0 Å². The zero-order valence-corrected chi connectivity index (χ0v) is 15.1. The van der Waals surface area contributed by atoms with Gasteiger partial charge in [-0.1, -0.05) is 11.6 Å². The second kappa shape index (κ2) is 8.64. The Morgan fingerprint density at radius 1 is 1.08 bits per heavy atom. The van der Waals surface area contributed by atoms with Gasteiger partial charge >= 0.3 is 11.9 Å². The zero-order chi connectivity index (χ0) is 18.4. The molecular weight excluding hydrogens is 366 g/mol. The van der Waals surface area contributed by atoms with Crippen LogP contribution in [0.5, 0.6) is 0 Å². The molecule has 0 atom stereocenters. The predicted molar refractivity (Wildman–Crippen MR) is 95.2 cm³/mol. The van der Waals surface area contributed by atoms with Crippen LogP contribution in [0.3, 0.4) is 0 Å². The van der Waals surface area contributed by atoms with Gasteiger partial charge in [0.2, 0.25) is 0 Å². The van der Waals surface area contributed by atoms with E-state index in [4.69, 9.17) is 21.1 Å². The zero-order valence-electron chi connectivity index (χ0n) is 13.6. The molecule has 0 aliphatic carbocycles. The molecule has 1 aromatic heterocycles. The summed E-state index contributed by atoms with van der Waals surface area (Å²) in [5.41, 5.74) is 0.856. The SMILES string of the molecule is CC(C)OC(=O)c1ccc(NC(=O)COC(=O)c2ccc(Cl)s2)cc1. The minimum absolute atomic E-state index is 0.209. The number of carbonyl (C=O) groups is 3. The Bertz CT molecular complexity index is 770. The van der Waals surface area contributed by atoms with Crippen LogP contribution >= 0.6 is 22.9 Å². The van der Waals surface area contributed by atoms with Crippen molar-refractivity contribution in [3.63, 3.8) is 0 Å². The van der Waals surface area contributed by atoms with Crippen LogP contribution in [0, 0.1) is 0 Å². The Morgan fingerprint density at radius 3 is 2.32 bits per heavy atom. The van der Waals surface area contributed by atoms with E-state index in [0.717, 1.165) is 11.3 Å². The first-order chi connectivity index (χ1) is 11.8. The van der Waals surface area contributed by atoms with Gasteiger partial charge in [-0.05, 0) is 50.2 Å². The second-order valence-electron chi connectivity index (χ2n) is 5.26. The summed E-state index contributed by atoms with van der Waals surface area (Å²) in [4.78, 5) is 35.6. The van der Waals surface area contributed by atoms with Gasteiger partial charge in [0.25, 0.3) is 5.91 Å². The fourth-order valence-electron chi connectivity index (χ4n) is 1.80. The summed E-state index contributed by atoms with van der Waals surface area (Å²) in [6.45, 7) is 3.10. The molecule has 0 fully saturated rings. The number of hydrogen-bond acceptors (Lipinski definition) is 6. The maximum absolute atomic E-state index is 11.8. The van der Waals surface area contributed by atoms with Gasteiger partial charge in [0.15, 0.2) is 6.61 Å². The van der Waals surface area contributed by atoms with Crippen LogP contribution in [0.1, 0.15) is 33.9 Å². The number of nitrogens with one attached hydrogen (secondary N) is 1. The van der Waals surface area contributed by atoms with Crippen molar-refractivity contribution >= 4 is 46.5 Å². The molecule has 2 aromatic rings. The van der Waals surface area contributed by atoms with Crippen molar-refractivity contribution in [2.75, 3.05) is 11.9 Å². The fourth-order valence-corrected chi connectivity index (χ4v) is 2.73. The highest BCUT2D eigenvalue weighted by atomic mass is 35.5. The van der Waals surface area contributed by atoms with Crippen molar-refractivity contribution in [1.29, 1.82) is 0 Å². The van der Waals surface area contributed by atoms with Gasteiger partial charge in [-0.3, -0.25) is 4.79 Å². The molecule has 0 spiro atoms. The lowest BCUT2D eigenvalue weighted by Crippen LogP contribution is -2.20. The van der Waals surface area contributed by atoms with Crippen molar-refractivity contribution in [3.05, 3.63) is 51.2 Å². The third-order valence-corrected chi connectivity index (χ3v) is 4.07. The standard InChI is InChI=1S/C17H16ClNO5S/c1-10(2)24-16(21)11-3-5-12(6-4-11)19-15(20)9-23-17(22)13-7-8-14(18)25-13/h3-8,10H,9H2,1-2H3,(H,19,20). The van der Waals surface area contributed by atoms with E-state index in [0.29, 0.717) is 20.5 Å². The molecule has 25 heavy (non-hydrogen) atoms. The van der Waals surface area contributed by atoms with E-state index in [1.807, 2.05) is 0 Å². The predicted octanol–water partition coefficient (Wildman–Crippen LogP) is 3.76. The minimum Gasteiger partial charge on any atom is -0.459 e. The summed E-state index contributed by atoms with van der Waals surface area (Å²) in [7, 11) is 0. The molecule has 1 amide bonds. The van der Waals surface area contributed by atoms with Gasteiger partial charge < -0.3 is 14.8 Å². The molecule has 1 aromatic carbocycles. The van der Waals surface area contributed by atoms with Gasteiger partial charge in [0.05, 0.1) is 16.0 Å². The molecule has 1 N–H and O–H groups in total. The maximum Gasteiger partial charge on any atom is 0.348 e. The van der Waals surface area contributed by atoms with Gasteiger partial charge in [0.1, 0.15) is 4.88 Å². The molecule has 0 radical (unpaired) electrons. The average Bonchev–Trinajstić information content (AvgIpc) is 2.99. The second-order valence-corrected chi connectivity index (χ2v) is 6.97. The van der Waals surface area contributed by atoms with E-state index >= 15 is 0 Å². The molecule has 1 heterocycles. The van der Waals surface area contributed by atoms with E-state index in [1.165, 1.54) is 6.07 Å².